The summed E-state index contributed by atoms with van der Waals surface area (Å²) in [7, 11) is 3.03. The molecule has 1 aliphatic rings. The van der Waals surface area contributed by atoms with E-state index in [0.717, 1.165) is 0 Å². The molecule has 30 heavy (non-hydrogen) atoms. The van der Waals surface area contributed by atoms with Gasteiger partial charge in [0.05, 0.1) is 31.1 Å². The van der Waals surface area contributed by atoms with Crippen molar-refractivity contribution in [3.05, 3.63) is 68.9 Å². The van der Waals surface area contributed by atoms with E-state index in [0.29, 0.717) is 33.6 Å². The van der Waals surface area contributed by atoms with E-state index >= 15 is 0 Å². The molecule has 0 saturated heterocycles. The number of hydrogen-bond acceptors (Lipinski definition) is 8. The topological polar surface area (TPSA) is 128 Å². The van der Waals surface area contributed by atoms with Crippen LogP contribution in [0.1, 0.15) is 22.6 Å². The van der Waals surface area contributed by atoms with E-state index in [1.165, 1.54) is 26.4 Å². The Morgan fingerprint density at radius 3 is 2.57 bits per heavy atom. The van der Waals surface area contributed by atoms with Gasteiger partial charge in [0.15, 0.2) is 11.5 Å². The quantitative estimate of drug-likeness (QED) is 0.635. The lowest BCUT2D eigenvalue weighted by Crippen LogP contribution is -2.21. The van der Waals surface area contributed by atoms with Crippen LogP contribution >= 0.6 is 0 Å². The molecule has 0 bridgehead atoms. The summed E-state index contributed by atoms with van der Waals surface area (Å²) in [6.07, 6.45) is 0. The molecule has 3 N–H and O–H groups in total. The molecule has 1 aliphatic heterocycles. The molecule has 3 aromatic rings. The van der Waals surface area contributed by atoms with Gasteiger partial charge in [-0.1, -0.05) is 6.07 Å². The predicted octanol–water partition coefficient (Wildman–Crippen LogP) is 3.04. The van der Waals surface area contributed by atoms with Crippen molar-refractivity contribution in [2.45, 2.75) is 12.8 Å². The standard InChI is InChI=1S/C22H18N2O6/c1-10-6-17(26)29-16-8-13(25)20-19(11-4-5-14(27-2)15(7-11)28-3)12(9-23)22(24)30-21(20)18(10)16/h4-8,19,25H,24H2,1-3H3/t19-/m0/s1. The van der Waals surface area contributed by atoms with Crippen molar-refractivity contribution in [3.63, 3.8) is 0 Å². The van der Waals surface area contributed by atoms with Crippen LogP contribution in [0.4, 0.5) is 0 Å². The third kappa shape index (κ3) is 2.79. The average Bonchev–Trinajstić information content (AvgIpc) is 2.71. The Kier molecular flexibility index (Phi) is 4.51. The van der Waals surface area contributed by atoms with Crippen molar-refractivity contribution in [1.29, 1.82) is 5.26 Å². The second kappa shape index (κ2) is 7.04. The lowest BCUT2D eigenvalue weighted by molar-refractivity contribution is 0.354. The van der Waals surface area contributed by atoms with Gasteiger partial charge in [0, 0.05) is 12.1 Å². The van der Waals surface area contributed by atoms with Crippen LogP contribution < -0.4 is 25.6 Å². The largest absolute Gasteiger partial charge is 0.507 e. The summed E-state index contributed by atoms with van der Waals surface area (Å²) in [5.41, 5.74) is 7.42. The van der Waals surface area contributed by atoms with Gasteiger partial charge in [0.1, 0.15) is 28.7 Å². The fourth-order valence-electron chi connectivity index (χ4n) is 3.80. The fraction of sp³-hybridized carbons (Fsp3) is 0.182. The first-order valence-corrected chi connectivity index (χ1v) is 8.99. The molecule has 0 spiro atoms. The number of allylic oxidation sites excluding steroid dienone is 1. The number of ether oxygens (including phenoxy) is 3. The third-order valence-corrected chi connectivity index (χ3v) is 5.12. The number of nitrogens with zero attached hydrogens (tertiary/aromatic N) is 1. The number of nitrogens with two attached hydrogens (primary N) is 1. The number of benzene rings is 2. The highest BCUT2D eigenvalue weighted by Crippen LogP contribution is 2.50. The van der Waals surface area contributed by atoms with Crippen LogP contribution in [-0.2, 0) is 0 Å². The summed E-state index contributed by atoms with van der Waals surface area (Å²) in [5.74, 6) is 0.205. The molecule has 0 amide bonds. The lowest BCUT2D eigenvalue weighted by Gasteiger charge is -2.28. The molecule has 2 aromatic carbocycles. The van der Waals surface area contributed by atoms with Crippen LogP contribution in [-0.4, -0.2) is 19.3 Å². The maximum absolute atomic E-state index is 11.8. The Labute approximate surface area is 171 Å². The van der Waals surface area contributed by atoms with Crippen molar-refractivity contribution >= 4 is 11.0 Å². The number of phenols is 1. The molecular formula is C22H18N2O6. The van der Waals surface area contributed by atoms with E-state index in [1.54, 1.807) is 25.1 Å². The molecule has 2 heterocycles. The molecular weight excluding hydrogens is 388 g/mol. The first-order chi connectivity index (χ1) is 14.4. The molecule has 1 atom stereocenters. The van der Waals surface area contributed by atoms with Crippen LogP contribution in [0.15, 0.2) is 51.0 Å². The van der Waals surface area contributed by atoms with E-state index < -0.39 is 11.5 Å². The molecule has 0 fully saturated rings. The third-order valence-electron chi connectivity index (χ3n) is 5.12. The number of fused-ring (bicyclic) bond motifs is 3. The van der Waals surface area contributed by atoms with Crippen molar-refractivity contribution < 1.29 is 23.7 Å². The SMILES string of the molecule is COc1ccc([C@H]2C(C#N)=C(N)Oc3c2c(O)cc2oc(=O)cc(C)c32)cc1OC. The Hall–Kier alpha value is -4.12. The zero-order valence-electron chi connectivity index (χ0n) is 16.5. The van der Waals surface area contributed by atoms with Gasteiger partial charge in [0.25, 0.3) is 0 Å². The predicted molar refractivity (Wildman–Crippen MR) is 108 cm³/mol. The number of rotatable bonds is 3. The fourth-order valence-corrected chi connectivity index (χ4v) is 3.80. The van der Waals surface area contributed by atoms with Crippen molar-refractivity contribution in [3.8, 4) is 29.1 Å². The second-order valence-electron chi connectivity index (χ2n) is 6.80. The molecule has 0 aliphatic carbocycles. The maximum Gasteiger partial charge on any atom is 0.336 e. The van der Waals surface area contributed by atoms with Gasteiger partial charge < -0.3 is 29.5 Å². The van der Waals surface area contributed by atoms with Gasteiger partial charge in [-0.25, -0.2) is 4.79 Å². The first kappa shape index (κ1) is 19.2. The monoisotopic (exact) mass is 406 g/mol. The Bertz CT molecular complexity index is 1320. The van der Waals surface area contributed by atoms with Gasteiger partial charge in [0.2, 0.25) is 5.88 Å². The summed E-state index contributed by atoms with van der Waals surface area (Å²) in [5, 5.41) is 21.1. The van der Waals surface area contributed by atoms with Crippen LogP contribution in [0.3, 0.4) is 0 Å². The van der Waals surface area contributed by atoms with E-state index in [2.05, 4.69) is 6.07 Å². The zero-order valence-corrected chi connectivity index (χ0v) is 16.5. The molecule has 0 saturated carbocycles. The van der Waals surface area contributed by atoms with E-state index in [9.17, 15) is 15.2 Å². The van der Waals surface area contributed by atoms with Crippen LogP contribution in [0.5, 0.6) is 23.0 Å². The number of methoxy groups -OCH3 is 2. The van der Waals surface area contributed by atoms with Crippen LogP contribution in [0.25, 0.3) is 11.0 Å². The molecule has 152 valence electrons. The minimum absolute atomic E-state index is 0.0951. The normalized spacial score (nSPS) is 15.3. The van der Waals surface area contributed by atoms with Crippen LogP contribution in [0.2, 0.25) is 0 Å². The van der Waals surface area contributed by atoms with Gasteiger partial charge in [-0.05, 0) is 30.2 Å². The summed E-state index contributed by atoms with van der Waals surface area (Å²) in [6, 6.07) is 9.93. The van der Waals surface area contributed by atoms with E-state index in [1.807, 2.05) is 0 Å². The number of aromatic hydroxyl groups is 1. The molecule has 0 radical (unpaired) electrons. The summed E-state index contributed by atoms with van der Waals surface area (Å²) in [4.78, 5) is 11.8. The molecule has 8 nitrogen and oxygen atoms in total. The zero-order chi connectivity index (χ0) is 21.6. The minimum atomic E-state index is -0.728. The number of phenolic OH excluding ortho intramolecular Hbond substituents is 1. The average molecular weight is 406 g/mol. The molecule has 4 rings (SSSR count). The summed E-state index contributed by atoms with van der Waals surface area (Å²) < 4.78 is 21.7. The Morgan fingerprint density at radius 1 is 1.17 bits per heavy atom. The Morgan fingerprint density at radius 2 is 1.90 bits per heavy atom. The number of nitriles is 1. The molecule has 0 unspecified atom stereocenters. The first-order valence-electron chi connectivity index (χ1n) is 8.99. The van der Waals surface area contributed by atoms with Crippen molar-refractivity contribution in [2.75, 3.05) is 14.2 Å². The summed E-state index contributed by atoms with van der Waals surface area (Å²) in [6.45, 7) is 1.73. The van der Waals surface area contributed by atoms with Crippen molar-refractivity contribution in [2.24, 2.45) is 5.73 Å². The number of hydrogen-bond donors (Lipinski definition) is 2. The lowest BCUT2D eigenvalue weighted by atomic mass is 9.82. The molecule has 8 heteroatoms. The highest BCUT2D eigenvalue weighted by atomic mass is 16.5. The highest BCUT2D eigenvalue weighted by molar-refractivity contribution is 5.91. The number of aryl methyl sites for hydroxylation is 1. The van der Waals surface area contributed by atoms with Crippen LogP contribution in [0, 0.1) is 18.3 Å². The van der Waals surface area contributed by atoms with Crippen molar-refractivity contribution in [1.82, 2.24) is 0 Å². The summed E-state index contributed by atoms with van der Waals surface area (Å²) >= 11 is 0. The van der Waals surface area contributed by atoms with Gasteiger partial charge >= 0.3 is 5.63 Å². The highest BCUT2D eigenvalue weighted by Gasteiger charge is 2.35. The second-order valence-corrected chi connectivity index (χ2v) is 6.80. The smallest absolute Gasteiger partial charge is 0.336 e. The van der Waals surface area contributed by atoms with E-state index in [4.69, 9.17) is 24.4 Å². The maximum atomic E-state index is 11.8. The van der Waals surface area contributed by atoms with E-state index in [-0.39, 0.29) is 28.5 Å². The Balaban J connectivity index is 2.07. The molecule has 1 aromatic heterocycles. The van der Waals surface area contributed by atoms with Gasteiger partial charge in [-0.2, -0.15) is 5.26 Å². The van der Waals surface area contributed by atoms with Gasteiger partial charge in [-0.15, -0.1) is 0 Å². The van der Waals surface area contributed by atoms with Gasteiger partial charge in [-0.3, -0.25) is 0 Å². The minimum Gasteiger partial charge on any atom is -0.507 e.